The first-order valence-corrected chi connectivity index (χ1v) is 13.9. The molecule has 32 heavy (non-hydrogen) atoms. The molecular weight excluding hydrogens is 388 g/mol. The highest BCUT2D eigenvalue weighted by molar-refractivity contribution is 5.15. The quantitative estimate of drug-likeness (QED) is 0.157. The first-order chi connectivity index (χ1) is 15.8. The van der Waals surface area contributed by atoms with Crippen molar-refractivity contribution in [1.82, 2.24) is 4.98 Å². The Labute approximate surface area is 199 Å². The van der Waals surface area contributed by atoms with E-state index in [-0.39, 0.29) is 0 Å². The minimum absolute atomic E-state index is 0.587. The molecule has 1 aromatic heterocycles. The largest absolute Gasteiger partial charge is 0.250 e. The summed E-state index contributed by atoms with van der Waals surface area (Å²) in [4.78, 5) is 3.25. The summed E-state index contributed by atoms with van der Waals surface area (Å²) in [6.45, 7) is 4.72. The predicted octanol–water partition coefficient (Wildman–Crippen LogP) is 8.98. The Morgan fingerprint density at radius 1 is 0.719 bits per heavy atom. The first kappa shape index (κ1) is 26.7. The summed E-state index contributed by atoms with van der Waals surface area (Å²) in [7, 11) is 0. The standard InChI is InChI=1S/C30H50N2/c1-3-4-5-6-7-8-9-10-11-12-13-14-15-16-20-23-30(32-25-24-31-27-32)28(2)26-29-21-18-17-19-22-29/h17-19,21-22,24-25,27-28,30H,3-16,20,23,26H2,1-2H3/p+1. The second kappa shape index (κ2) is 17.9. The van der Waals surface area contributed by atoms with E-state index in [4.69, 9.17) is 0 Å². The smallest absolute Gasteiger partial charge is 0.241 e. The molecular formula is C30H51N2+. The number of nitrogens with one attached hydrogen (secondary N) is 1. The van der Waals surface area contributed by atoms with Gasteiger partial charge in [0, 0.05) is 5.92 Å². The van der Waals surface area contributed by atoms with Gasteiger partial charge in [0.25, 0.3) is 0 Å². The third-order valence-corrected chi connectivity index (χ3v) is 7.11. The maximum absolute atomic E-state index is 3.25. The number of benzene rings is 1. The van der Waals surface area contributed by atoms with Crippen LogP contribution in [-0.2, 0) is 6.42 Å². The highest BCUT2D eigenvalue weighted by atomic mass is 15.1. The number of rotatable bonds is 20. The Morgan fingerprint density at radius 3 is 1.75 bits per heavy atom. The average Bonchev–Trinajstić information content (AvgIpc) is 3.34. The summed E-state index contributed by atoms with van der Waals surface area (Å²) < 4.78 is 2.40. The molecule has 0 spiro atoms. The first-order valence-electron chi connectivity index (χ1n) is 13.9. The number of unbranched alkanes of at least 4 members (excludes halogenated alkanes) is 14. The molecule has 0 aliphatic rings. The molecule has 0 aliphatic heterocycles. The van der Waals surface area contributed by atoms with Crippen molar-refractivity contribution in [1.29, 1.82) is 0 Å². The predicted molar refractivity (Wildman–Crippen MR) is 139 cm³/mol. The van der Waals surface area contributed by atoms with Crippen LogP contribution in [0.1, 0.15) is 128 Å². The molecule has 0 amide bonds. The number of H-pyrrole nitrogens is 1. The summed E-state index contributed by atoms with van der Waals surface area (Å²) in [6, 6.07) is 11.6. The average molecular weight is 440 g/mol. The third kappa shape index (κ3) is 11.9. The van der Waals surface area contributed by atoms with Gasteiger partial charge in [-0.1, -0.05) is 134 Å². The van der Waals surface area contributed by atoms with E-state index in [2.05, 4.69) is 72.5 Å². The Bertz CT molecular complexity index is 634. The zero-order valence-corrected chi connectivity index (χ0v) is 21.2. The monoisotopic (exact) mass is 439 g/mol. The van der Waals surface area contributed by atoms with Gasteiger partial charge in [-0.3, -0.25) is 4.98 Å². The fourth-order valence-corrected chi connectivity index (χ4v) is 5.08. The topological polar surface area (TPSA) is 19.7 Å². The lowest BCUT2D eigenvalue weighted by atomic mass is 9.90. The van der Waals surface area contributed by atoms with E-state index >= 15 is 0 Å². The lowest BCUT2D eigenvalue weighted by Crippen LogP contribution is -2.41. The zero-order valence-electron chi connectivity index (χ0n) is 21.2. The van der Waals surface area contributed by atoms with Gasteiger partial charge in [-0.25, -0.2) is 4.57 Å². The number of hydrogen-bond donors (Lipinski definition) is 1. The minimum Gasteiger partial charge on any atom is -0.250 e. The number of aromatic nitrogens is 2. The molecule has 2 unspecified atom stereocenters. The van der Waals surface area contributed by atoms with Gasteiger partial charge in [-0.2, -0.15) is 0 Å². The van der Waals surface area contributed by atoms with E-state index in [0.717, 1.165) is 6.42 Å². The van der Waals surface area contributed by atoms with E-state index in [0.29, 0.717) is 12.0 Å². The lowest BCUT2D eigenvalue weighted by molar-refractivity contribution is -0.729. The molecule has 0 radical (unpaired) electrons. The van der Waals surface area contributed by atoms with Crippen LogP contribution in [0.2, 0.25) is 0 Å². The van der Waals surface area contributed by atoms with Crippen molar-refractivity contribution in [2.24, 2.45) is 5.92 Å². The molecule has 1 N–H and O–H groups in total. The highest BCUT2D eigenvalue weighted by Crippen LogP contribution is 2.24. The van der Waals surface area contributed by atoms with Crippen LogP contribution in [0.15, 0.2) is 49.1 Å². The van der Waals surface area contributed by atoms with Crippen molar-refractivity contribution in [3.05, 3.63) is 54.6 Å². The highest BCUT2D eigenvalue weighted by Gasteiger charge is 2.23. The van der Waals surface area contributed by atoms with Gasteiger partial charge in [-0.05, 0) is 24.8 Å². The fourth-order valence-electron chi connectivity index (χ4n) is 5.08. The fraction of sp³-hybridized carbons (Fsp3) is 0.700. The van der Waals surface area contributed by atoms with Crippen molar-refractivity contribution in [2.45, 2.75) is 129 Å². The molecule has 1 heterocycles. The molecule has 2 rings (SSSR count). The molecule has 0 saturated heterocycles. The summed E-state index contributed by atoms with van der Waals surface area (Å²) in [5.41, 5.74) is 1.46. The van der Waals surface area contributed by atoms with E-state index in [9.17, 15) is 0 Å². The zero-order chi connectivity index (χ0) is 22.7. The molecule has 0 aliphatic carbocycles. The van der Waals surface area contributed by atoms with Crippen LogP contribution >= 0.6 is 0 Å². The SMILES string of the molecule is CCCCCCCCCCCCCCCCCC(C(C)Cc1ccccc1)[n+]1cc[nH]c1. The number of nitrogens with zero attached hydrogens (tertiary/aromatic N) is 1. The Balaban J connectivity index is 1.50. The molecule has 2 heteroatoms. The number of imidazole rings is 1. The molecule has 1 aromatic carbocycles. The second-order valence-corrected chi connectivity index (χ2v) is 10.0. The van der Waals surface area contributed by atoms with Gasteiger partial charge >= 0.3 is 0 Å². The van der Waals surface area contributed by atoms with Crippen molar-refractivity contribution < 1.29 is 4.57 Å². The van der Waals surface area contributed by atoms with Crippen LogP contribution in [0.3, 0.4) is 0 Å². The molecule has 2 atom stereocenters. The maximum Gasteiger partial charge on any atom is 0.241 e. The molecule has 2 aromatic rings. The normalized spacial score (nSPS) is 13.3. The molecule has 0 fully saturated rings. The summed E-state index contributed by atoms with van der Waals surface area (Å²) in [5.74, 6) is 0.643. The Kier molecular flexibility index (Phi) is 14.9. The Hall–Kier alpha value is -1.57. The molecule has 0 bridgehead atoms. The van der Waals surface area contributed by atoms with Crippen molar-refractivity contribution >= 4 is 0 Å². The van der Waals surface area contributed by atoms with E-state index in [1.807, 2.05) is 0 Å². The van der Waals surface area contributed by atoms with Crippen LogP contribution in [0.25, 0.3) is 0 Å². The van der Waals surface area contributed by atoms with Gasteiger partial charge in [0.15, 0.2) is 0 Å². The minimum atomic E-state index is 0.587. The van der Waals surface area contributed by atoms with Crippen LogP contribution in [0.4, 0.5) is 0 Å². The molecule has 2 nitrogen and oxygen atoms in total. The number of aromatic amines is 1. The number of hydrogen-bond acceptors (Lipinski definition) is 0. The van der Waals surface area contributed by atoms with Gasteiger partial charge in [0.05, 0.1) is 0 Å². The lowest BCUT2D eigenvalue weighted by Gasteiger charge is -2.21. The van der Waals surface area contributed by atoms with Gasteiger partial charge in [-0.15, -0.1) is 0 Å². The second-order valence-electron chi connectivity index (χ2n) is 10.0. The van der Waals surface area contributed by atoms with Crippen molar-refractivity contribution in [3.8, 4) is 0 Å². The van der Waals surface area contributed by atoms with Crippen molar-refractivity contribution in [2.75, 3.05) is 0 Å². The van der Waals surface area contributed by atoms with Gasteiger partial charge < -0.3 is 0 Å². The maximum atomic E-state index is 3.25. The summed E-state index contributed by atoms with van der Waals surface area (Å²) >= 11 is 0. The van der Waals surface area contributed by atoms with Crippen molar-refractivity contribution in [3.63, 3.8) is 0 Å². The van der Waals surface area contributed by atoms with E-state index < -0.39 is 0 Å². The van der Waals surface area contributed by atoms with E-state index in [1.165, 1.54) is 108 Å². The Morgan fingerprint density at radius 2 is 1.25 bits per heavy atom. The van der Waals surface area contributed by atoms with Crippen LogP contribution in [0, 0.1) is 5.92 Å². The third-order valence-electron chi connectivity index (χ3n) is 7.11. The van der Waals surface area contributed by atoms with Gasteiger partial charge in [0.1, 0.15) is 18.4 Å². The van der Waals surface area contributed by atoms with Crippen LogP contribution in [0.5, 0.6) is 0 Å². The van der Waals surface area contributed by atoms with Crippen LogP contribution < -0.4 is 4.57 Å². The molecule has 0 saturated carbocycles. The molecule has 180 valence electrons. The van der Waals surface area contributed by atoms with E-state index in [1.54, 1.807) is 0 Å². The van der Waals surface area contributed by atoms with Crippen LogP contribution in [-0.4, -0.2) is 4.98 Å². The summed E-state index contributed by atoms with van der Waals surface area (Å²) in [5, 5.41) is 0. The van der Waals surface area contributed by atoms with Gasteiger partial charge in [0.2, 0.25) is 6.33 Å². The summed E-state index contributed by atoms with van der Waals surface area (Å²) in [6.07, 6.45) is 30.3.